The first-order chi connectivity index (χ1) is 7.93. The van der Waals surface area contributed by atoms with E-state index in [1.807, 2.05) is 0 Å². The van der Waals surface area contributed by atoms with E-state index in [9.17, 15) is 8.42 Å². The van der Waals surface area contributed by atoms with Crippen molar-refractivity contribution in [1.29, 1.82) is 0 Å². The van der Waals surface area contributed by atoms with Crippen molar-refractivity contribution in [3.05, 3.63) is 30.3 Å². The maximum Gasteiger partial charge on any atom is 0.294 e. The second-order valence-electron chi connectivity index (χ2n) is 3.63. The van der Waals surface area contributed by atoms with Crippen LogP contribution in [-0.4, -0.2) is 20.0 Å². The van der Waals surface area contributed by atoms with Gasteiger partial charge in [0.05, 0.1) is 4.90 Å². The van der Waals surface area contributed by atoms with Crippen molar-refractivity contribution < 1.29 is 13.0 Å². The fourth-order valence-electron chi connectivity index (χ4n) is 1.73. The molecule has 90 valence electrons. The van der Waals surface area contributed by atoms with Crippen molar-refractivity contribution in [2.24, 2.45) is 0 Å². The van der Waals surface area contributed by atoms with E-state index >= 15 is 0 Å². The molecule has 0 atom stereocenters. The first kappa shape index (κ1) is 11.7. The van der Waals surface area contributed by atoms with E-state index in [0.717, 1.165) is 11.1 Å². The Morgan fingerprint density at radius 1 is 1.18 bits per heavy atom. The molecular formula is C11H12N2O3S. The summed E-state index contributed by atoms with van der Waals surface area (Å²) in [7, 11) is -2.47. The summed E-state index contributed by atoms with van der Waals surface area (Å²) in [5.74, 6) is 0. The van der Waals surface area contributed by atoms with Gasteiger partial charge in [-0.3, -0.25) is 4.55 Å². The minimum atomic E-state index is -4.20. The normalized spacial score (nSPS) is 11.6. The second kappa shape index (κ2) is 3.90. The third kappa shape index (κ3) is 2.04. The standard InChI is InChI=1S/C11H12N2O3S/c1-13-11-5-4-10(12)8-3-2-7(6-9(8)11)17(14,15)16/h2-6,13H,12H2,1H3,(H,14,15,16). The molecule has 0 aliphatic carbocycles. The fourth-order valence-corrected chi connectivity index (χ4v) is 2.24. The highest BCUT2D eigenvalue weighted by atomic mass is 32.2. The Morgan fingerprint density at radius 2 is 1.88 bits per heavy atom. The predicted molar refractivity (Wildman–Crippen MR) is 67.7 cm³/mol. The fraction of sp³-hybridized carbons (Fsp3) is 0.0909. The third-order valence-corrected chi connectivity index (χ3v) is 3.44. The van der Waals surface area contributed by atoms with Gasteiger partial charge in [0.15, 0.2) is 0 Å². The van der Waals surface area contributed by atoms with Crippen molar-refractivity contribution in [3.8, 4) is 0 Å². The summed E-state index contributed by atoms with van der Waals surface area (Å²) < 4.78 is 31.1. The summed E-state index contributed by atoms with van der Waals surface area (Å²) >= 11 is 0. The molecule has 0 aliphatic rings. The summed E-state index contributed by atoms with van der Waals surface area (Å²) in [4.78, 5) is -0.146. The highest BCUT2D eigenvalue weighted by molar-refractivity contribution is 7.85. The van der Waals surface area contributed by atoms with Crippen LogP contribution in [0.5, 0.6) is 0 Å². The van der Waals surface area contributed by atoms with E-state index in [-0.39, 0.29) is 4.90 Å². The highest BCUT2D eigenvalue weighted by Gasteiger charge is 2.12. The number of fused-ring (bicyclic) bond motifs is 1. The Kier molecular flexibility index (Phi) is 2.68. The lowest BCUT2D eigenvalue weighted by Gasteiger charge is -2.09. The summed E-state index contributed by atoms with van der Waals surface area (Å²) in [6, 6.07) is 7.79. The predicted octanol–water partition coefficient (Wildman–Crippen LogP) is 1.71. The molecule has 0 fully saturated rings. The van der Waals surface area contributed by atoms with Gasteiger partial charge in [-0.05, 0) is 24.3 Å². The van der Waals surface area contributed by atoms with Gasteiger partial charge in [0.1, 0.15) is 0 Å². The van der Waals surface area contributed by atoms with E-state index in [4.69, 9.17) is 10.3 Å². The molecule has 0 radical (unpaired) electrons. The lowest BCUT2D eigenvalue weighted by molar-refractivity contribution is 0.483. The van der Waals surface area contributed by atoms with Crippen LogP contribution < -0.4 is 11.1 Å². The molecule has 0 heterocycles. The molecule has 0 saturated heterocycles. The van der Waals surface area contributed by atoms with Crippen LogP contribution in [0, 0.1) is 0 Å². The maximum absolute atomic E-state index is 11.1. The van der Waals surface area contributed by atoms with Gasteiger partial charge in [0.25, 0.3) is 10.1 Å². The monoisotopic (exact) mass is 252 g/mol. The van der Waals surface area contributed by atoms with Gasteiger partial charge < -0.3 is 11.1 Å². The lowest BCUT2D eigenvalue weighted by Crippen LogP contribution is -1.99. The van der Waals surface area contributed by atoms with Crippen LogP contribution in [0.25, 0.3) is 10.8 Å². The number of hydrogen-bond donors (Lipinski definition) is 3. The van der Waals surface area contributed by atoms with Gasteiger partial charge in [-0.1, -0.05) is 6.07 Å². The highest BCUT2D eigenvalue weighted by Crippen LogP contribution is 2.30. The second-order valence-corrected chi connectivity index (χ2v) is 5.06. The van der Waals surface area contributed by atoms with Crippen LogP contribution in [0.1, 0.15) is 0 Å². The summed E-state index contributed by atoms with van der Waals surface area (Å²) in [5, 5.41) is 4.34. The zero-order valence-corrected chi connectivity index (χ0v) is 9.95. The molecule has 2 aromatic carbocycles. The van der Waals surface area contributed by atoms with E-state index in [2.05, 4.69) is 5.32 Å². The maximum atomic E-state index is 11.1. The van der Waals surface area contributed by atoms with Crippen LogP contribution >= 0.6 is 0 Å². The van der Waals surface area contributed by atoms with Gasteiger partial charge in [0, 0.05) is 29.2 Å². The van der Waals surface area contributed by atoms with E-state index < -0.39 is 10.1 Å². The zero-order chi connectivity index (χ0) is 12.6. The van der Waals surface area contributed by atoms with Crippen LogP contribution in [-0.2, 0) is 10.1 Å². The van der Waals surface area contributed by atoms with Gasteiger partial charge >= 0.3 is 0 Å². The number of anilines is 2. The van der Waals surface area contributed by atoms with Crippen molar-refractivity contribution in [2.75, 3.05) is 18.1 Å². The molecule has 2 aromatic rings. The molecule has 0 saturated carbocycles. The van der Waals surface area contributed by atoms with Gasteiger partial charge in [-0.15, -0.1) is 0 Å². The Morgan fingerprint density at radius 3 is 2.47 bits per heavy atom. The molecule has 0 amide bonds. The third-order valence-electron chi connectivity index (χ3n) is 2.59. The van der Waals surface area contributed by atoms with E-state index in [1.165, 1.54) is 12.1 Å². The van der Waals surface area contributed by atoms with Gasteiger partial charge in [0.2, 0.25) is 0 Å². The number of hydrogen-bond acceptors (Lipinski definition) is 4. The molecule has 5 nitrogen and oxygen atoms in total. The van der Waals surface area contributed by atoms with Gasteiger partial charge in [-0.2, -0.15) is 8.42 Å². The molecule has 0 spiro atoms. The van der Waals surface area contributed by atoms with Crippen molar-refractivity contribution in [3.63, 3.8) is 0 Å². The topological polar surface area (TPSA) is 92.4 Å². The molecule has 4 N–H and O–H groups in total. The number of nitrogen functional groups attached to an aromatic ring is 1. The van der Waals surface area contributed by atoms with Crippen LogP contribution in [0.2, 0.25) is 0 Å². The Bertz CT molecular complexity index is 680. The zero-order valence-electron chi connectivity index (χ0n) is 9.14. The SMILES string of the molecule is CNc1ccc(N)c2ccc(S(=O)(=O)O)cc12. The molecule has 0 aliphatic heterocycles. The first-order valence-electron chi connectivity index (χ1n) is 4.91. The number of benzene rings is 2. The number of nitrogens with two attached hydrogens (primary N) is 1. The Labute approximate surface area is 99.0 Å². The van der Waals surface area contributed by atoms with E-state index in [0.29, 0.717) is 11.1 Å². The molecule has 2 rings (SSSR count). The van der Waals surface area contributed by atoms with Crippen molar-refractivity contribution in [2.45, 2.75) is 4.90 Å². The molecule has 0 bridgehead atoms. The molecule has 17 heavy (non-hydrogen) atoms. The van der Waals surface area contributed by atoms with Crippen LogP contribution in [0.3, 0.4) is 0 Å². The molecular weight excluding hydrogens is 240 g/mol. The average molecular weight is 252 g/mol. The minimum absolute atomic E-state index is 0.146. The van der Waals surface area contributed by atoms with E-state index in [1.54, 1.807) is 25.2 Å². The Hall–Kier alpha value is -1.79. The summed E-state index contributed by atoms with van der Waals surface area (Å²) in [6.45, 7) is 0. The number of rotatable bonds is 2. The largest absolute Gasteiger partial charge is 0.398 e. The Balaban J connectivity index is 2.84. The van der Waals surface area contributed by atoms with Gasteiger partial charge in [-0.25, -0.2) is 0 Å². The molecule has 6 heteroatoms. The summed E-state index contributed by atoms with van der Waals surface area (Å²) in [5.41, 5.74) is 7.11. The average Bonchev–Trinajstić information content (AvgIpc) is 2.28. The lowest BCUT2D eigenvalue weighted by atomic mass is 10.1. The van der Waals surface area contributed by atoms with Crippen LogP contribution in [0.4, 0.5) is 11.4 Å². The first-order valence-corrected chi connectivity index (χ1v) is 6.35. The minimum Gasteiger partial charge on any atom is -0.398 e. The number of nitrogens with one attached hydrogen (secondary N) is 1. The van der Waals surface area contributed by atoms with Crippen LogP contribution in [0.15, 0.2) is 35.2 Å². The summed E-state index contributed by atoms with van der Waals surface area (Å²) in [6.07, 6.45) is 0. The van der Waals surface area contributed by atoms with Crippen molar-refractivity contribution in [1.82, 2.24) is 0 Å². The molecule has 0 aromatic heterocycles. The quantitative estimate of drug-likeness (QED) is 0.559. The van der Waals surface area contributed by atoms with Crippen molar-refractivity contribution >= 4 is 32.3 Å². The molecule has 0 unspecified atom stereocenters. The smallest absolute Gasteiger partial charge is 0.294 e.